The van der Waals surface area contributed by atoms with Gasteiger partial charge in [-0.05, 0) is 0 Å². The Bertz CT molecular complexity index is 265. The van der Waals surface area contributed by atoms with Gasteiger partial charge in [0.1, 0.15) is 9.21 Å². The molecule has 0 saturated heterocycles. The van der Waals surface area contributed by atoms with E-state index in [-0.39, 0.29) is 9.21 Å². The SMILES string of the molecule is COC(=O)c1cc(F)c(Cl)s1. The third kappa shape index (κ3) is 1.70. The van der Waals surface area contributed by atoms with E-state index in [4.69, 9.17) is 11.6 Å². The normalized spacial score (nSPS) is 9.73. The van der Waals surface area contributed by atoms with Crippen molar-refractivity contribution in [3.63, 3.8) is 0 Å². The summed E-state index contributed by atoms with van der Waals surface area (Å²) in [4.78, 5) is 10.9. The first-order valence-electron chi connectivity index (χ1n) is 2.68. The van der Waals surface area contributed by atoms with Crippen LogP contribution in [0.4, 0.5) is 4.39 Å². The molecule has 5 heteroatoms. The summed E-state index contributed by atoms with van der Waals surface area (Å²) in [5, 5.41) is 0. The Morgan fingerprint density at radius 1 is 1.82 bits per heavy atom. The van der Waals surface area contributed by atoms with Crippen molar-refractivity contribution in [1.82, 2.24) is 0 Å². The lowest BCUT2D eigenvalue weighted by atomic mass is 10.5. The number of carbonyl (C=O) groups is 1. The molecule has 0 N–H and O–H groups in total. The summed E-state index contributed by atoms with van der Waals surface area (Å²) in [6, 6.07) is 1.05. The number of halogens is 2. The molecule has 60 valence electrons. The van der Waals surface area contributed by atoms with Gasteiger partial charge in [-0.2, -0.15) is 0 Å². The first kappa shape index (κ1) is 8.49. The lowest BCUT2D eigenvalue weighted by Gasteiger charge is -1.90. The van der Waals surface area contributed by atoms with Crippen molar-refractivity contribution in [1.29, 1.82) is 0 Å². The van der Waals surface area contributed by atoms with Crippen LogP contribution in [0.3, 0.4) is 0 Å². The summed E-state index contributed by atoms with van der Waals surface area (Å²) in [7, 11) is 1.23. The highest BCUT2D eigenvalue weighted by molar-refractivity contribution is 7.17. The van der Waals surface area contributed by atoms with Crippen molar-refractivity contribution in [3.8, 4) is 0 Å². The van der Waals surface area contributed by atoms with E-state index in [9.17, 15) is 9.18 Å². The molecule has 0 aromatic carbocycles. The van der Waals surface area contributed by atoms with E-state index in [0.717, 1.165) is 17.4 Å². The number of rotatable bonds is 1. The summed E-state index contributed by atoms with van der Waals surface area (Å²) in [5.41, 5.74) is 0. The lowest BCUT2D eigenvalue weighted by Crippen LogP contribution is -1.96. The number of hydrogen-bond donors (Lipinski definition) is 0. The zero-order valence-electron chi connectivity index (χ0n) is 5.56. The van der Waals surface area contributed by atoms with E-state index in [1.807, 2.05) is 0 Å². The van der Waals surface area contributed by atoms with Gasteiger partial charge in [0, 0.05) is 6.07 Å². The minimum absolute atomic E-state index is 0.0228. The van der Waals surface area contributed by atoms with Gasteiger partial charge in [-0.3, -0.25) is 0 Å². The van der Waals surface area contributed by atoms with Crippen LogP contribution in [0.1, 0.15) is 9.67 Å². The maximum Gasteiger partial charge on any atom is 0.348 e. The fraction of sp³-hybridized carbons (Fsp3) is 0.167. The van der Waals surface area contributed by atoms with Crippen molar-refractivity contribution in [2.24, 2.45) is 0 Å². The zero-order valence-corrected chi connectivity index (χ0v) is 7.13. The van der Waals surface area contributed by atoms with E-state index in [0.29, 0.717) is 0 Å². The third-order valence-electron chi connectivity index (χ3n) is 1.03. The van der Waals surface area contributed by atoms with Gasteiger partial charge in [-0.15, -0.1) is 11.3 Å². The monoisotopic (exact) mass is 194 g/mol. The number of methoxy groups -OCH3 is 1. The number of carbonyl (C=O) groups excluding carboxylic acids is 1. The second-order valence-corrected chi connectivity index (χ2v) is 3.38. The van der Waals surface area contributed by atoms with Crippen LogP contribution in [0.25, 0.3) is 0 Å². The molecular weight excluding hydrogens is 191 g/mol. The Labute approximate surface area is 71.5 Å². The van der Waals surface area contributed by atoms with Crippen molar-refractivity contribution in [2.45, 2.75) is 0 Å². The fourth-order valence-electron chi connectivity index (χ4n) is 0.548. The topological polar surface area (TPSA) is 26.3 Å². The van der Waals surface area contributed by atoms with E-state index in [1.54, 1.807) is 0 Å². The molecule has 0 spiro atoms. The molecule has 0 unspecified atom stereocenters. The van der Waals surface area contributed by atoms with Crippen LogP contribution in [0, 0.1) is 5.82 Å². The molecule has 0 saturated carbocycles. The molecule has 0 aliphatic carbocycles. The zero-order chi connectivity index (χ0) is 8.43. The van der Waals surface area contributed by atoms with Gasteiger partial charge in [-0.25, -0.2) is 9.18 Å². The molecule has 11 heavy (non-hydrogen) atoms. The largest absolute Gasteiger partial charge is 0.465 e. The van der Waals surface area contributed by atoms with Gasteiger partial charge < -0.3 is 4.74 Å². The highest BCUT2D eigenvalue weighted by Crippen LogP contribution is 2.26. The molecule has 2 nitrogen and oxygen atoms in total. The quantitative estimate of drug-likeness (QED) is 0.642. The van der Waals surface area contributed by atoms with Crippen LogP contribution >= 0.6 is 22.9 Å². The number of esters is 1. The highest BCUT2D eigenvalue weighted by atomic mass is 35.5. The predicted molar refractivity (Wildman–Crippen MR) is 40.6 cm³/mol. The van der Waals surface area contributed by atoms with Crippen LogP contribution in [0.15, 0.2) is 6.07 Å². The van der Waals surface area contributed by atoms with Crippen LogP contribution in [-0.4, -0.2) is 13.1 Å². The lowest BCUT2D eigenvalue weighted by molar-refractivity contribution is 0.0606. The second kappa shape index (κ2) is 3.19. The van der Waals surface area contributed by atoms with E-state index in [1.165, 1.54) is 7.11 Å². The fourth-order valence-corrected chi connectivity index (χ4v) is 1.53. The van der Waals surface area contributed by atoms with Crippen LogP contribution in [-0.2, 0) is 4.74 Å². The minimum Gasteiger partial charge on any atom is -0.465 e. The average Bonchev–Trinajstić information content (AvgIpc) is 2.31. The molecule has 0 fully saturated rings. The number of hydrogen-bond acceptors (Lipinski definition) is 3. The highest BCUT2D eigenvalue weighted by Gasteiger charge is 2.12. The molecule has 0 bridgehead atoms. The minimum atomic E-state index is -0.586. The standard InChI is InChI=1S/C6H4ClFO2S/c1-10-6(9)4-2-3(8)5(7)11-4/h2H,1H3. The summed E-state index contributed by atoms with van der Waals surface area (Å²) in [5.74, 6) is -1.15. The van der Waals surface area contributed by atoms with Gasteiger partial charge in [0.15, 0.2) is 5.82 Å². The van der Waals surface area contributed by atoms with Crippen LogP contribution < -0.4 is 0 Å². The second-order valence-electron chi connectivity index (χ2n) is 1.72. The molecule has 0 radical (unpaired) electrons. The van der Waals surface area contributed by atoms with Gasteiger partial charge in [0.05, 0.1) is 7.11 Å². The van der Waals surface area contributed by atoms with Gasteiger partial charge in [-0.1, -0.05) is 11.6 Å². The Morgan fingerprint density at radius 2 is 2.45 bits per heavy atom. The molecule has 0 atom stereocenters. The average molecular weight is 195 g/mol. The van der Waals surface area contributed by atoms with Crippen molar-refractivity contribution < 1.29 is 13.9 Å². The van der Waals surface area contributed by atoms with Crippen LogP contribution in [0.2, 0.25) is 4.34 Å². The molecule has 0 amide bonds. The van der Waals surface area contributed by atoms with Crippen molar-refractivity contribution in [2.75, 3.05) is 7.11 Å². The molecule has 1 aromatic rings. The summed E-state index contributed by atoms with van der Waals surface area (Å²) in [6.07, 6.45) is 0. The molecule has 0 aliphatic heterocycles. The molecule has 1 rings (SSSR count). The first-order chi connectivity index (χ1) is 5.15. The Hall–Kier alpha value is -0.610. The van der Waals surface area contributed by atoms with Crippen molar-refractivity contribution in [3.05, 3.63) is 21.1 Å². The summed E-state index contributed by atoms with van der Waals surface area (Å²) < 4.78 is 16.8. The summed E-state index contributed by atoms with van der Waals surface area (Å²) >= 11 is 6.23. The predicted octanol–water partition coefficient (Wildman–Crippen LogP) is 2.33. The van der Waals surface area contributed by atoms with E-state index in [2.05, 4.69) is 4.74 Å². The molecule has 1 heterocycles. The number of ether oxygens (including phenoxy) is 1. The number of thiophene rings is 1. The molecule has 1 aromatic heterocycles. The molecule has 0 aliphatic rings. The van der Waals surface area contributed by atoms with Gasteiger partial charge in [0.2, 0.25) is 0 Å². The Kier molecular flexibility index (Phi) is 2.46. The van der Waals surface area contributed by atoms with Gasteiger partial charge >= 0.3 is 5.97 Å². The first-order valence-corrected chi connectivity index (χ1v) is 3.87. The maximum absolute atomic E-state index is 12.5. The maximum atomic E-state index is 12.5. The van der Waals surface area contributed by atoms with E-state index < -0.39 is 11.8 Å². The Morgan fingerprint density at radius 3 is 2.82 bits per heavy atom. The third-order valence-corrected chi connectivity index (χ3v) is 2.32. The van der Waals surface area contributed by atoms with Crippen molar-refractivity contribution >= 4 is 28.9 Å². The van der Waals surface area contributed by atoms with Gasteiger partial charge in [0.25, 0.3) is 0 Å². The van der Waals surface area contributed by atoms with Crippen LogP contribution in [0.5, 0.6) is 0 Å². The Balaban J connectivity index is 2.97. The summed E-state index contributed by atoms with van der Waals surface area (Å²) in [6.45, 7) is 0. The van der Waals surface area contributed by atoms with E-state index >= 15 is 0 Å². The molecular formula is C6H4ClFO2S. The smallest absolute Gasteiger partial charge is 0.348 e.